The number of carbonyl (C=O) groups excluding carboxylic acids is 1. The Morgan fingerprint density at radius 2 is 2.19 bits per heavy atom. The van der Waals surface area contributed by atoms with E-state index in [4.69, 9.17) is 23.2 Å². The van der Waals surface area contributed by atoms with Gasteiger partial charge in [-0.2, -0.15) is 0 Å². The van der Waals surface area contributed by atoms with Gasteiger partial charge in [-0.1, -0.05) is 41.3 Å². The molecule has 2 heterocycles. The van der Waals surface area contributed by atoms with Gasteiger partial charge in [-0.05, 0) is 23.7 Å². The first kappa shape index (κ1) is 14.3. The summed E-state index contributed by atoms with van der Waals surface area (Å²) in [6, 6.07) is 5.42. The van der Waals surface area contributed by atoms with E-state index in [0.29, 0.717) is 38.2 Å². The van der Waals surface area contributed by atoms with Crippen molar-refractivity contribution in [3.63, 3.8) is 0 Å². The van der Waals surface area contributed by atoms with Crippen LogP contribution in [0.3, 0.4) is 0 Å². The largest absolute Gasteiger partial charge is 0.301 e. The van der Waals surface area contributed by atoms with Crippen LogP contribution >= 0.6 is 34.5 Å². The second kappa shape index (κ2) is 5.63. The summed E-state index contributed by atoms with van der Waals surface area (Å²) in [7, 11) is 0. The molecule has 8 heteroatoms. The zero-order chi connectivity index (χ0) is 15.0. The first-order valence-electron chi connectivity index (χ1n) is 6.11. The number of fused-ring (bicyclic) bond motifs is 1. The van der Waals surface area contributed by atoms with E-state index >= 15 is 0 Å². The van der Waals surface area contributed by atoms with E-state index in [9.17, 15) is 4.79 Å². The Labute approximate surface area is 133 Å². The van der Waals surface area contributed by atoms with Crippen molar-refractivity contribution in [2.24, 2.45) is 0 Å². The predicted molar refractivity (Wildman–Crippen MR) is 83.5 cm³/mol. The van der Waals surface area contributed by atoms with Gasteiger partial charge in [0.05, 0.1) is 10.0 Å². The second-order valence-electron chi connectivity index (χ2n) is 4.23. The monoisotopic (exact) mass is 341 g/mol. The van der Waals surface area contributed by atoms with Gasteiger partial charge in [0.1, 0.15) is 10.6 Å². The van der Waals surface area contributed by atoms with Crippen LogP contribution in [0.5, 0.6) is 0 Å². The van der Waals surface area contributed by atoms with Crippen LogP contribution < -0.4 is 5.32 Å². The van der Waals surface area contributed by atoms with Gasteiger partial charge in [-0.25, -0.2) is 4.63 Å². The van der Waals surface area contributed by atoms with Crippen LogP contribution in [0.25, 0.3) is 10.1 Å². The number of rotatable bonds is 3. The molecule has 0 radical (unpaired) electrons. The normalized spacial score (nSPS) is 11.0. The van der Waals surface area contributed by atoms with Crippen molar-refractivity contribution in [3.8, 4) is 0 Å². The summed E-state index contributed by atoms with van der Waals surface area (Å²) in [5.41, 5.74) is 0.582. The van der Waals surface area contributed by atoms with Crippen molar-refractivity contribution in [2.75, 3.05) is 5.32 Å². The first-order chi connectivity index (χ1) is 10.1. The predicted octanol–water partition coefficient (Wildman–Crippen LogP) is 4.41. The van der Waals surface area contributed by atoms with Crippen molar-refractivity contribution in [2.45, 2.75) is 13.3 Å². The molecule has 0 aliphatic heterocycles. The lowest BCUT2D eigenvalue weighted by Crippen LogP contribution is -2.12. The molecular formula is C13H9Cl2N3O2S. The minimum absolute atomic E-state index is 0.308. The number of benzene rings is 1. The molecule has 0 atom stereocenters. The summed E-state index contributed by atoms with van der Waals surface area (Å²) in [6.07, 6.45) is 0.602. The maximum absolute atomic E-state index is 12.3. The Bertz CT molecular complexity index is 828. The van der Waals surface area contributed by atoms with Crippen LogP contribution in [0.15, 0.2) is 22.8 Å². The summed E-state index contributed by atoms with van der Waals surface area (Å²) in [6.45, 7) is 1.89. The van der Waals surface area contributed by atoms with Crippen molar-refractivity contribution in [1.29, 1.82) is 0 Å². The number of anilines is 1. The highest BCUT2D eigenvalue weighted by Crippen LogP contribution is 2.39. The van der Waals surface area contributed by atoms with Crippen molar-refractivity contribution >= 4 is 56.3 Å². The summed E-state index contributed by atoms with van der Waals surface area (Å²) in [5.74, 6) is -0.0511. The van der Waals surface area contributed by atoms with Gasteiger partial charge < -0.3 is 5.32 Å². The second-order valence-corrected chi connectivity index (χ2v) is 6.06. The fourth-order valence-electron chi connectivity index (χ4n) is 1.91. The van der Waals surface area contributed by atoms with Gasteiger partial charge in [0.15, 0.2) is 0 Å². The first-order valence-corrected chi connectivity index (χ1v) is 7.68. The SMILES string of the molecule is CCc1nonc1NC(=O)c1sc2cccc(Cl)c2c1Cl. The molecule has 108 valence electrons. The number of carbonyl (C=O) groups is 1. The van der Waals surface area contributed by atoms with Crippen LogP contribution in [0.4, 0.5) is 5.82 Å². The number of halogens is 2. The number of thiophene rings is 1. The van der Waals surface area contributed by atoms with Gasteiger partial charge in [0.2, 0.25) is 5.82 Å². The zero-order valence-corrected chi connectivity index (χ0v) is 13.1. The van der Waals surface area contributed by atoms with Crippen molar-refractivity contribution in [1.82, 2.24) is 10.3 Å². The molecule has 21 heavy (non-hydrogen) atoms. The van der Waals surface area contributed by atoms with E-state index in [-0.39, 0.29) is 5.91 Å². The number of nitrogens with zero attached hydrogens (tertiary/aromatic N) is 2. The fraction of sp³-hybridized carbons (Fsp3) is 0.154. The smallest absolute Gasteiger partial charge is 0.268 e. The van der Waals surface area contributed by atoms with E-state index < -0.39 is 0 Å². The van der Waals surface area contributed by atoms with E-state index in [2.05, 4.69) is 20.3 Å². The molecule has 0 aliphatic rings. The van der Waals surface area contributed by atoms with Crippen LogP contribution in [0.2, 0.25) is 10.0 Å². The summed E-state index contributed by atoms with van der Waals surface area (Å²) < 4.78 is 5.47. The number of hydrogen-bond acceptors (Lipinski definition) is 5. The topological polar surface area (TPSA) is 68.0 Å². The van der Waals surface area contributed by atoms with E-state index in [1.165, 1.54) is 11.3 Å². The van der Waals surface area contributed by atoms with Crippen molar-refractivity contribution < 1.29 is 9.42 Å². The van der Waals surface area contributed by atoms with Crippen LogP contribution in [0, 0.1) is 0 Å². The molecule has 1 amide bonds. The molecule has 5 nitrogen and oxygen atoms in total. The number of amides is 1. The number of hydrogen-bond donors (Lipinski definition) is 1. The quantitative estimate of drug-likeness (QED) is 0.766. The third-order valence-electron chi connectivity index (χ3n) is 2.94. The lowest BCUT2D eigenvalue weighted by atomic mass is 10.2. The van der Waals surface area contributed by atoms with E-state index in [1.54, 1.807) is 6.07 Å². The molecule has 0 bridgehead atoms. The number of nitrogens with one attached hydrogen (secondary N) is 1. The lowest BCUT2D eigenvalue weighted by molar-refractivity contribution is 0.102. The summed E-state index contributed by atoms with van der Waals surface area (Å²) in [4.78, 5) is 12.7. The molecule has 1 N–H and O–H groups in total. The van der Waals surface area contributed by atoms with Gasteiger partial charge in [-0.15, -0.1) is 11.3 Å². The molecule has 2 aromatic heterocycles. The average molecular weight is 342 g/mol. The Hall–Kier alpha value is -1.63. The Morgan fingerprint density at radius 3 is 2.90 bits per heavy atom. The van der Waals surface area contributed by atoms with Gasteiger partial charge >= 0.3 is 0 Å². The fourth-order valence-corrected chi connectivity index (χ4v) is 3.77. The minimum Gasteiger partial charge on any atom is -0.301 e. The Balaban J connectivity index is 1.99. The number of aryl methyl sites for hydroxylation is 1. The molecule has 0 unspecified atom stereocenters. The molecule has 0 saturated carbocycles. The van der Waals surface area contributed by atoms with Crippen molar-refractivity contribution in [3.05, 3.63) is 38.8 Å². The van der Waals surface area contributed by atoms with Crippen LogP contribution in [0.1, 0.15) is 22.3 Å². The van der Waals surface area contributed by atoms with Crippen LogP contribution in [-0.2, 0) is 6.42 Å². The summed E-state index contributed by atoms with van der Waals surface area (Å²) in [5, 5.41) is 11.6. The molecule has 1 aromatic carbocycles. The molecular weight excluding hydrogens is 333 g/mol. The molecule has 0 spiro atoms. The summed E-state index contributed by atoms with van der Waals surface area (Å²) >= 11 is 13.7. The molecule has 3 rings (SSSR count). The minimum atomic E-state index is -0.359. The molecule has 3 aromatic rings. The van der Waals surface area contributed by atoms with Gasteiger partial charge in [0.25, 0.3) is 5.91 Å². The highest BCUT2D eigenvalue weighted by atomic mass is 35.5. The molecule has 0 aliphatic carbocycles. The van der Waals surface area contributed by atoms with E-state index in [0.717, 1.165) is 4.70 Å². The maximum atomic E-state index is 12.3. The van der Waals surface area contributed by atoms with E-state index in [1.807, 2.05) is 19.1 Å². The third-order valence-corrected chi connectivity index (χ3v) is 4.89. The highest BCUT2D eigenvalue weighted by molar-refractivity contribution is 7.21. The maximum Gasteiger partial charge on any atom is 0.268 e. The average Bonchev–Trinajstić information content (AvgIpc) is 3.04. The zero-order valence-electron chi connectivity index (χ0n) is 10.8. The van der Waals surface area contributed by atoms with Crippen LogP contribution in [-0.4, -0.2) is 16.2 Å². The Morgan fingerprint density at radius 1 is 1.38 bits per heavy atom. The highest BCUT2D eigenvalue weighted by Gasteiger charge is 2.21. The van der Waals surface area contributed by atoms with Gasteiger partial charge in [0, 0.05) is 10.1 Å². The number of aromatic nitrogens is 2. The lowest BCUT2D eigenvalue weighted by Gasteiger charge is -2.00. The standard InChI is InChI=1S/C13H9Cl2N3O2S/c1-2-7-12(18-20-17-7)16-13(19)11-10(15)9-6(14)4-3-5-8(9)21-11/h3-5H,2H2,1H3,(H,16,18,19). The molecule has 0 fully saturated rings. The Kier molecular flexibility index (Phi) is 3.84. The van der Waals surface area contributed by atoms with Gasteiger partial charge in [-0.3, -0.25) is 4.79 Å². The molecule has 0 saturated heterocycles. The third kappa shape index (κ3) is 2.50.